The fraction of sp³-hybridized carbons (Fsp3) is 0.520. The van der Waals surface area contributed by atoms with Crippen LogP contribution in [0.2, 0.25) is 0 Å². The van der Waals surface area contributed by atoms with Gasteiger partial charge in [0.2, 0.25) is 23.6 Å². The number of nitrogens with two attached hydrogens (primary N) is 2. The molecule has 70 heavy (non-hydrogen) atoms. The maximum absolute atomic E-state index is 13.6. The molecular formula is C50H64F6N6O8. The van der Waals surface area contributed by atoms with Crippen LogP contribution in [-0.2, 0) is 64.3 Å². The lowest BCUT2D eigenvalue weighted by atomic mass is 9.86. The molecule has 384 valence electrons. The third-order valence-electron chi connectivity index (χ3n) is 11.9. The first-order valence-electron chi connectivity index (χ1n) is 22.9. The van der Waals surface area contributed by atoms with Gasteiger partial charge in [-0.25, -0.2) is 0 Å². The molecule has 2 fully saturated rings. The lowest BCUT2D eigenvalue weighted by Crippen LogP contribution is -2.55. The van der Waals surface area contributed by atoms with E-state index in [-0.39, 0.29) is 48.9 Å². The zero-order valence-corrected chi connectivity index (χ0v) is 40.2. The summed E-state index contributed by atoms with van der Waals surface area (Å²) < 4.78 is 79.6. The van der Waals surface area contributed by atoms with Crippen LogP contribution in [0.3, 0.4) is 0 Å². The highest BCUT2D eigenvalue weighted by molar-refractivity contribution is 6.41. The summed E-state index contributed by atoms with van der Waals surface area (Å²) in [4.78, 5) is 76.5. The third-order valence-corrected chi connectivity index (χ3v) is 11.9. The average Bonchev–Trinajstić information content (AvgIpc) is 3.94. The minimum absolute atomic E-state index is 0.206. The largest absolute Gasteiger partial charge is 0.458 e. The van der Waals surface area contributed by atoms with Crippen molar-refractivity contribution in [3.8, 4) is 0 Å². The van der Waals surface area contributed by atoms with Crippen molar-refractivity contribution < 1.29 is 64.6 Å². The number of amides is 4. The molecule has 3 aromatic rings. The van der Waals surface area contributed by atoms with Gasteiger partial charge in [-0.15, -0.1) is 0 Å². The maximum atomic E-state index is 13.6. The van der Waals surface area contributed by atoms with Gasteiger partial charge in [0.25, 0.3) is 0 Å². The molecular weight excluding hydrogens is 927 g/mol. The minimum Gasteiger partial charge on any atom is -0.372 e. The highest BCUT2D eigenvalue weighted by Crippen LogP contribution is 2.29. The Morgan fingerprint density at radius 3 is 1.14 bits per heavy atom. The molecule has 20 heteroatoms. The first-order chi connectivity index (χ1) is 32.6. The number of ether oxygens (including phenoxy) is 2. The van der Waals surface area contributed by atoms with Crippen LogP contribution >= 0.6 is 0 Å². The van der Waals surface area contributed by atoms with Gasteiger partial charge < -0.3 is 41.4 Å². The van der Waals surface area contributed by atoms with Gasteiger partial charge in [0.05, 0.1) is 37.5 Å². The van der Waals surface area contributed by atoms with E-state index in [0.29, 0.717) is 52.0 Å². The molecule has 2 aliphatic heterocycles. The molecule has 0 saturated carbocycles. The fourth-order valence-corrected chi connectivity index (χ4v) is 7.52. The number of ketones is 2. The van der Waals surface area contributed by atoms with Gasteiger partial charge in [-0.3, -0.25) is 28.8 Å². The zero-order valence-electron chi connectivity index (χ0n) is 40.2. The van der Waals surface area contributed by atoms with Crippen LogP contribution in [0.25, 0.3) is 0 Å². The number of benzene rings is 3. The Morgan fingerprint density at radius 2 is 0.857 bits per heavy atom. The predicted molar refractivity (Wildman–Crippen MR) is 247 cm³/mol. The second-order valence-corrected chi connectivity index (χ2v) is 19.6. The van der Waals surface area contributed by atoms with E-state index in [4.69, 9.17) is 20.9 Å². The Labute approximate surface area is 404 Å². The van der Waals surface area contributed by atoms with E-state index in [1.54, 1.807) is 9.80 Å². The predicted octanol–water partition coefficient (Wildman–Crippen LogP) is 5.37. The van der Waals surface area contributed by atoms with Gasteiger partial charge in [-0.2, -0.15) is 26.3 Å². The van der Waals surface area contributed by atoms with Crippen molar-refractivity contribution >= 4 is 35.2 Å². The van der Waals surface area contributed by atoms with Crippen LogP contribution in [-0.4, -0.2) is 120 Å². The summed E-state index contributed by atoms with van der Waals surface area (Å²) in [6.07, 6.45) is -10.1. The van der Waals surface area contributed by atoms with Gasteiger partial charge in [0, 0.05) is 39.0 Å². The van der Waals surface area contributed by atoms with Crippen molar-refractivity contribution in [1.82, 2.24) is 20.4 Å². The molecule has 3 aromatic carbocycles. The quantitative estimate of drug-likeness (QED) is 0.101. The topological polar surface area (TPSA) is 203 Å². The Kier molecular flexibility index (Phi) is 19.8. The number of hydrogen-bond acceptors (Lipinski definition) is 10. The van der Waals surface area contributed by atoms with E-state index in [2.05, 4.69) is 10.6 Å². The second kappa shape index (κ2) is 24.4. The number of rotatable bonds is 17. The SMILES string of the molecule is CC(C)(C)[C@H](N)C(=O)N1C[C@@H](OCc2ccc(CO[C@H]3C[C@@H](C(=O)NCCc4ccccc4)N(C(=O)[C@@H](N)C(C)(C)C)C3)cc2)C[C@H]1C(=O)NCCc1ccccc1.O=C(C(=O)C(F)(F)F)C(F)(F)F. The highest BCUT2D eigenvalue weighted by Gasteiger charge is 2.54. The number of carbonyl (C=O) groups excluding carboxylic acids is 6. The zero-order chi connectivity index (χ0) is 52.2. The molecule has 0 spiro atoms. The van der Waals surface area contributed by atoms with Crippen LogP contribution < -0.4 is 22.1 Å². The lowest BCUT2D eigenvalue weighted by Gasteiger charge is -2.32. The fourth-order valence-electron chi connectivity index (χ4n) is 7.52. The normalized spacial score (nSPS) is 19.4. The van der Waals surface area contributed by atoms with Gasteiger partial charge >= 0.3 is 23.9 Å². The molecule has 0 unspecified atom stereocenters. The maximum Gasteiger partial charge on any atom is 0.458 e. The Morgan fingerprint density at radius 1 is 0.543 bits per heavy atom. The number of likely N-dealkylation sites (tertiary alicyclic amines) is 2. The number of halogens is 6. The van der Waals surface area contributed by atoms with E-state index in [1.165, 1.54) is 0 Å². The van der Waals surface area contributed by atoms with Crippen LogP contribution in [0.5, 0.6) is 0 Å². The van der Waals surface area contributed by atoms with Gasteiger partial charge in [-0.05, 0) is 45.9 Å². The van der Waals surface area contributed by atoms with E-state index < -0.39 is 58.9 Å². The second-order valence-electron chi connectivity index (χ2n) is 19.6. The van der Waals surface area contributed by atoms with Gasteiger partial charge in [0.15, 0.2) is 0 Å². The molecule has 4 amide bonds. The van der Waals surface area contributed by atoms with Gasteiger partial charge in [-0.1, -0.05) is 126 Å². The van der Waals surface area contributed by atoms with E-state index in [9.17, 15) is 55.1 Å². The molecule has 0 bridgehead atoms. The van der Waals surface area contributed by atoms with Gasteiger partial charge in [0.1, 0.15) is 12.1 Å². The first-order valence-corrected chi connectivity index (χ1v) is 22.9. The molecule has 0 aliphatic carbocycles. The molecule has 0 aromatic heterocycles. The van der Waals surface area contributed by atoms with E-state index >= 15 is 0 Å². The molecule has 0 radical (unpaired) electrons. The van der Waals surface area contributed by atoms with E-state index in [0.717, 1.165) is 22.3 Å². The standard InChI is InChI=1S/C46H64N6O6.C4F6O2/c1-45(2,3)39(47)43(55)51-27-35(25-37(51)41(53)49-23-21-31-13-9-7-10-14-31)57-29-33-17-19-34(20-18-33)30-58-36-26-38(52(28-36)44(56)40(48)46(4,5)6)42(54)50-24-22-32-15-11-8-12-16-32;5-3(6,7)1(11)2(12)4(8,9)10/h7-20,35-40H,21-30,47-48H2,1-6H3,(H,49,53)(H,50,54);/t35-,36-,37-,38-,39+,40+;/m0./s1. The minimum atomic E-state index is -5.77. The monoisotopic (exact) mass is 990 g/mol. The Hall–Kier alpha value is -5.70. The van der Waals surface area contributed by atoms with Crippen LogP contribution in [0, 0.1) is 10.8 Å². The average molecular weight is 991 g/mol. The summed E-state index contributed by atoms with van der Waals surface area (Å²) in [5, 5.41) is 6.05. The van der Waals surface area contributed by atoms with Crippen molar-refractivity contribution in [2.45, 2.75) is 129 Å². The van der Waals surface area contributed by atoms with Crippen molar-refractivity contribution in [2.75, 3.05) is 26.2 Å². The number of nitrogens with zero attached hydrogens (tertiary/aromatic N) is 2. The first kappa shape index (κ1) is 56.9. The summed E-state index contributed by atoms with van der Waals surface area (Å²) in [7, 11) is 0. The smallest absolute Gasteiger partial charge is 0.372 e. The van der Waals surface area contributed by atoms with Crippen LogP contribution in [0.1, 0.15) is 76.6 Å². The number of Topliss-reactive ketones (excluding diaryl/α,β-unsaturated/α-hetero) is 2. The highest BCUT2D eigenvalue weighted by atomic mass is 19.4. The molecule has 2 heterocycles. The molecule has 6 atom stereocenters. The van der Waals surface area contributed by atoms with Crippen molar-refractivity contribution in [3.63, 3.8) is 0 Å². The summed E-state index contributed by atoms with van der Waals surface area (Å²) in [5.41, 5.74) is 16.0. The summed E-state index contributed by atoms with van der Waals surface area (Å²) in [6, 6.07) is 24.9. The summed E-state index contributed by atoms with van der Waals surface area (Å²) >= 11 is 0. The van der Waals surface area contributed by atoms with Crippen molar-refractivity contribution in [2.24, 2.45) is 22.3 Å². The summed E-state index contributed by atoms with van der Waals surface area (Å²) in [6.45, 7) is 13.6. The molecule has 2 aliphatic rings. The number of alkyl halides is 6. The van der Waals surface area contributed by atoms with E-state index in [1.807, 2.05) is 126 Å². The van der Waals surface area contributed by atoms with Crippen LogP contribution in [0.4, 0.5) is 26.3 Å². The Bertz CT molecular complexity index is 2080. The molecule has 14 nitrogen and oxygen atoms in total. The number of nitrogens with one attached hydrogen (secondary N) is 2. The summed E-state index contributed by atoms with van der Waals surface area (Å²) in [5.74, 6) is -7.74. The molecule has 5 rings (SSSR count). The number of carbonyl (C=O) groups is 6. The van der Waals surface area contributed by atoms with Crippen molar-refractivity contribution in [1.29, 1.82) is 0 Å². The molecule has 6 N–H and O–H groups in total. The number of hydrogen-bond donors (Lipinski definition) is 4. The van der Waals surface area contributed by atoms with Crippen LogP contribution in [0.15, 0.2) is 84.9 Å². The molecule has 2 saturated heterocycles. The third kappa shape index (κ3) is 16.7. The Balaban J connectivity index is 0.000000782. The lowest BCUT2D eigenvalue weighted by molar-refractivity contribution is -0.193. The van der Waals surface area contributed by atoms with Crippen molar-refractivity contribution in [3.05, 3.63) is 107 Å².